The summed E-state index contributed by atoms with van der Waals surface area (Å²) in [5, 5.41) is 3.45. The fraction of sp³-hybridized carbons (Fsp3) is 0.667. The number of rotatable bonds is 6. The second kappa shape index (κ2) is 10.5. The lowest BCUT2D eigenvalue weighted by atomic mass is 10.1. The SMILES string of the molecule is CCNC(=NCc1ccc(N2CCOCC2)cc1)N1CCC(OCC)CC1. The fourth-order valence-electron chi connectivity index (χ4n) is 3.70. The molecule has 0 atom stereocenters. The molecule has 0 unspecified atom stereocenters. The normalized spacial score (nSPS) is 19.4. The number of likely N-dealkylation sites (tertiary alicyclic amines) is 1. The maximum absolute atomic E-state index is 5.76. The topological polar surface area (TPSA) is 49.3 Å². The van der Waals surface area contributed by atoms with Crippen molar-refractivity contribution in [2.75, 3.05) is 57.4 Å². The largest absolute Gasteiger partial charge is 0.378 e. The van der Waals surface area contributed by atoms with Crippen LogP contribution in [0.2, 0.25) is 0 Å². The Hall–Kier alpha value is -1.79. The molecule has 3 rings (SSSR count). The highest BCUT2D eigenvalue weighted by atomic mass is 16.5. The van der Waals surface area contributed by atoms with Gasteiger partial charge in [-0.1, -0.05) is 12.1 Å². The van der Waals surface area contributed by atoms with E-state index in [2.05, 4.69) is 53.2 Å². The van der Waals surface area contributed by atoms with Gasteiger partial charge in [0.2, 0.25) is 0 Å². The number of nitrogens with one attached hydrogen (secondary N) is 1. The molecule has 6 nitrogen and oxygen atoms in total. The minimum Gasteiger partial charge on any atom is -0.378 e. The van der Waals surface area contributed by atoms with Crippen LogP contribution in [0.5, 0.6) is 0 Å². The molecule has 6 heteroatoms. The average molecular weight is 375 g/mol. The minimum absolute atomic E-state index is 0.404. The third-order valence-electron chi connectivity index (χ3n) is 5.20. The molecule has 2 aliphatic rings. The molecular formula is C21H34N4O2. The second-order valence-corrected chi connectivity index (χ2v) is 7.08. The zero-order valence-electron chi connectivity index (χ0n) is 16.8. The predicted octanol–water partition coefficient (Wildman–Crippen LogP) is 2.49. The van der Waals surface area contributed by atoms with Crippen molar-refractivity contribution in [3.05, 3.63) is 29.8 Å². The van der Waals surface area contributed by atoms with Gasteiger partial charge in [0.1, 0.15) is 0 Å². The Bertz CT molecular complexity index is 576. The van der Waals surface area contributed by atoms with E-state index in [1.165, 1.54) is 11.3 Å². The van der Waals surface area contributed by atoms with E-state index < -0.39 is 0 Å². The maximum atomic E-state index is 5.76. The molecule has 0 spiro atoms. The third-order valence-corrected chi connectivity index (χ3v) is 5.20. The molecule has 2 heterocycles. The van der Waals surface area contributed by atoms with Gasteiger partial charge in [-0.2, -0.15) is 0 Å². The Morgan fingerprint density at radius 3 is 2.44 bits per heavy atom. The van der Waals surface area contributed by atoms with E-state index in [4.69, 9.17) is 14.5 Å². The summed E-state index contributed by atoms with van der Waals surface area (Å²) in [6.45, 7) is 12.2. The summed E-state index contributed by atoms with van der Waals surface area (Å²) in [5.41, 5.74) is 2.52. The van der Waals surface area contributed by atoms with Crippen molar-refractivity contribution in [1.82, 2.24) is 10.2 Å². The maximum Gasteiger partial charge on any atom is 0.194 e. The minimum atomic E-state index is 0.404. The van der Waals surface area contributed by atoms with Crippen molar-refractivity contribution >= 4 is 11.6 Å². The highest BCUT2D eigenvalue weighted by molar-refractivity contribution is 5.80. The number of benzene rings is 1. The van der Waals surface area contributed by atoms with Crippen LogP contribution in [-0.4, -0.2) is 69.5 Å². The number of hydrogen-bond donors (Lipinski definition) is 1. The molecule has 0 saturated carbocycles. The summed E-state index contributed by atoms with van der Waals surface area (Å²) in [7, 11) is 0. The summed E-state index contributed by atoms with van der Waals surface area (Å²) in [6, 6.07) is 8.80. The quantitative estimate of drug-likeness (QED) is 0.612. The summed E-state index contributed by atoms with van der Waals surface area (Å²) in [4.78, 5) is 9.62. The molecule has 2 aliphatic heterocycles. The lowest BCUT2D eigenvalue weighted by molar-refractivity contribution is 0.0263. The number of morpholine rings is 1. The summed E-state index contributed by atoms with van der Waals surface area (Å²) < 4.78 is 11.2. The molecule has 2 fully saturated rings. The van der Waals surface area contributed by atoms with E-state index >= 15 is 0 Å². The molecule has 0 radical (unpaired) electrons. The smallest absolute Gasteiger partial charge is 0.194 e. The Kier molecular flexibility index (Phi) is 7.78. The Labute approximate surface area is 163 Å². The van der Waals surface area contributed by atoms with Crippen LogP contribution >= 0.6 is 0 Å². The molecular weight excluding hydrogens is 340 g/mol. The number of aliphatic imine (C=N–C) groups is 1. The standard InChI is InChI=1S/C21H34N4O2/c1-3-22-21(25-11-9-20(10-12-25)27-4-2)23-17-18-5-7-19(8-6-18)24-13-15-26-16-14-24/h5-8,20H,3-4,9-17H2,1-2H3,(H,22,23). The highest BCUT2D eigenvalue weighted by Crippen LogP contribution is 2.18. The van der Waals surface area contributed by atoms with Crippen molar-refractivity contribution in [3.63, 3.8) is 0 Å². The van der Waals surface area contributed by atoms with E-state index in [0.29, 0.717) is 12.6 Å². The van der Waals surface area contributed by atoms with Crippen molar-refractivity contribution in [1.29, 1.82) is 0 Å². The van der Waals surface area contributed by atoms with Crippen molar-refractivity contribution in [2.45, 2.75) is 39.3 Å². The van der Waals surface area contributed by atoms with E-state index in [1.54, 1.807) is 0 Å². The number of guanidine groups is 1. The van der Waals surface area contributed by atoms with Crippen LogP contribution in [0.4, 0.5) is 5.69 Å². The number of ether oxygens (including phenoxy) is 2. The van der Waals surface area contributed by atoms with Crippen LogP contribution in [-0.2, 0) is 16.0 Å². The molecule has 150 valence electrons. The third kappa shape index (κ3) is 5.84. The molecule has 27 heavy (non-hydrogen) atoms. The van der Waals surface area contributed by atoms with Gasteiger partial charge in [-0.05, 0) is 44.4 Å². The number of piperidine rings is 1. The van der Waals surface area contributed by atoms with Crippen LogP contribution < -0.4 is 10.2 Å². The molecule has 0 aromatic heterocycles. The Morgan fingerprint density at radius 1 is 1.11 bits per heavy atom. The first-order chi connectivity index (χ1) is 13.3. The van der Waals surface area contributed by atoms with Crippen LogP contribution in [0.1, 0.15) is 32.3 Å². The number of hydrogen-bond acceptors (Lipinski definition) is 4. The molecule has 1 N–H and O–H groups in total. The molecule has 0 aliphatic carbocycles. The van der Waals surface area contributed by atoms with E-state index in [-0.39, 0.29) is 0 Å². The van der Waals surface area contributed by atoms with E-state index in [0.717, 1.165) is 71.3 Å². The van der Waals surface area contributed by atoms with Crippen molar-refractivity contribution in [3.8, 4) is 0 Å². The van der Waals surface area contributed by atoms with Crippen LogP contribution in [0.3, 0.4) is 0 Å². The molecule has 0 bridgehead atoms. The molecule has 2 saturated heterocycles. The van der Waals surface area contributed by atoms with Gasteiger partial charge in [-0.25, -0.2) is 4.99 Å². The highest BCUT2D eigenvalue weighted by Gasteiger charge is 2.21. The lowest BCUT2D eigenvalue weighted by Gasteiger charge is -2.34. The predicted molar refractivity (Wildman–Crippen MR) is 111 cm³/mol. The van der Waals surface area contributed by atoms with Crippen LogP contribution in [0, 0.1) is 0 Å². The van der Waals surface area contributed by atoms with Gasteiger partial charge in [0.25, 0.3) is 0 Å². The van der Waals surface area contributed by atoms with Crippen molar-refractivity contribution < 1.29 is 9.47 Å². The first-order valence-corrected chi connectivity index (χ1v) is 10.4. The van der Waals surface area contributed by atoms with Gasteiger partial charge in [-0.3, -0.25) is 0 Å². The summed E-state index contributed by atoms with van der Waals surface area (Å²) in [5.74, 6) is 1.02. The van der Waals surface area contributed by atoms with Gasteiger partial charge >= 0.3 is 0 Å². The monoisotopic (exact) mass is 374 g/mol. The van der Waals surface area contributed by atoms with E-state index in [9.17, 15) is 0 Å². The van der Waals surface area contributed by atoms with Gasteiger partial charge in [0.15, 0.2) is 5.96 Å². The number of nitrogens with zero attached hydrogens (tertiary/aromatic N) is 3. The van der Waals surface area contributed by atoms with Crippen molar-refractivity contribution in [2.24, 2.45) is 4.99 Å². The number of anilines is 1. The summed E-state index contributed by atoms with van der Waals surface area (Å²) in [6.07, 6.45) is 2.56. The zero-order valence-corrected chi connectivity index (χ0v) is 16.8. The van der Waals surface area contributed by atoms with Gasteiger partial charge < -0.3 is 24.6 Å². The average Bonchev–Trinajstić information content (AvgIpc) is 2.73. The van der Waals surface area contributed by atoms with Gasteiger partial charge in [0, 0.05) is 45.0 Å². The van der Waals surface area contributed by atoms with Gasteiger partial charge in [-0.15, -0.1) is 0 Å². The van der Waals surface area contributed by atoms with Gasteiger partial charge in [0.05, 0.1) is 25.9 Å². The summed E-state index contributed by atoms with van der Waals surface area (Å²) >= 11 is 0. The second-order valence-electron chi connectivity index (χ2n) is 7.08. The van der Waals surface area contributed by atoms with Crippen LogP contribution in [0.15, 0.2) is 29.3 Å². The molecule has 0 amide bonds. The molecule has 1 aromatic carbocycles. The first kappa shape index (κ1) is 20.0. The fourth-order valence-corrected chi connectivity index (χ4v) is 3.70. The van der Waals surface area contributed by atoms with Crippen LogP contribution in [0.25, 0.3) is 0 Å². The lowest BCUT2D eigenvalue weighted by Crippen LogP contribution is -2.47. The molecule has 1 aromatic rings. The Morgan fingerprint density at radius 2 is 1.81 bits per heavy atom. The first-order valence-electron chi connectivity index (χ1n) is 10.4. The van der Waals surface area contributed by atoms with E-state index in [1.807, 2.05) is 0 Å². The zero-order chi connectivity index (χ0) is 18.9. The Balaban J connectivity index is 1.56.